The van der Waals surface area contributed by atoms with E-state index in [0.29, 0.717) is 0 Å². The molecular formula is C12H18BrN3O2. The molecular weight excluding hydrogens is 298 g/mol. The van der Waals surface area contributed by atoms with E-state index in [1.165, 1.54) is 0 Å². The number of ether oxygens (including phenoxy) is 1. The van der Waals surface area contributed by atoms with Crippen molar-refractivity contribution in [2.75, 3.05) is 6.54 Å². The van der Waals surface area contributed by atoms with Crippen LogP contribution in [0.15, 0.2) is 16.9 Å². The van der Waals surface area contributed by atoms with Gasteiger partial charge in [0.2, 0.25) is 0 Å². The van der Waals surface area contributed by atoms with Crippen LogP contribution >= 0.6 is 15.9 Å². The summed E-state index contributed by atoms with van der Waals surface area (Å²) in [6.07, 6.45) is 5.19. The Morgan fingerprint density at radius 1 is 1.56 bits per heavy atom. The summed E-state index contributed by atoms with van der Waals surface area (Å²) in [4.78, 5) is 13.8. The van der Waals surface area contributed by atoms with Crippen LogP contribution in [0, 0.1) is 0 Å². The summed E-state index contributed by atoms with van der Waals surface area (Å²) in [5.41, 5.74) is -0.463. The number of aromatic nitrogens is 2. The SMILES string of the molecule is CC(C)(C)OC(=O)N1CCC[C@@H]1n1cc(Br)cn1. The van der Waals surface area contributed by atoms with Gasteiger partial charge in [-0.1, -0.05) is 0 Å². The normalized spacial score (nSPS) is 20.2. The first-order valence-corrected chi connectivity index (χ1v) is 6.85. The Balaban J connectivity index is 2.10. The third kappa shape index (κ3) is 3.04. The van der Waals surface area contributed by atoms with E-state index in [-0.39, 0.29) is 12.3 Å². The van der Waals surface area contributed by atoms with Gasteiger partial charge in [0, 0.05) is 12.7 Å². The van der Waals surface area contributed by atoms with Crippen molar-refractivity contribution in [3.8, 4) is 0 Å². The van der Waals surface area contributed by atoms with Gasteiger partial charge in [0.1, 0.15) is 11.8 Å². The molecule has 1 aliphatic heterocycles. The van der Waals surface area contributed by atoms with Gasteiger partial charge in [0.15, 0.2) is 0 Å². The van der Waals surface area contributed by atoms with Crippen molar-refractivity contribution in [1.82, 2.24) is 14.7 Å². The van der Waals surface area contributed by atoms with Crippen molar-refractivity contribution < 1.29 is 9.53 Å². The number of rotatable bonds is 1. The molecule has 1 aromatic heterocycles. The highest BCUT2D eigenvalue weighted by Crippen LogP contribution is 2.28. The molecule has 0 bridgehead atoms. The van der Waals surface area contributed by atoms with Crippen LogP contribution in [0.5, 0.6) is 0 Å². The topological polar surface area (TPSA) is 47.4 Å². The highest BCUT2D eigenvalue weighted by Gasteiger charge is 2.33. The predicted octanol–water partition coefficient (Wildman–Crippen LogP) is 3.18. The fourth-order valence-electron chi connectivity index (χ4n) is 2.04. The number of carbonyl (C=O) groups is 1. The zero-order valence-corrected chi connectivity index (χ0v) is 12.5. The molecule has 0 N–H and O–H groups in total. The molecule has 100 valence electrons. The molecule has 1 aliphatic rings. The lowest BCUT2D eigenvalue weighted by Crippen LogP contribution is -2.38. The van der Waals surface area contributed by atoms with Crippen LogP contribution in [0.25, 0.3) is 0 Å². The summed E-state index contributed by atoms with van der Waals surface area (Å²) in [5, 5.41) is 4.25. The monoisotopic (exact) mass is 315 g/mol. The second-order valence-corrected chi connectivity index (χ2v) is 6.35. The smallest absolute Gasteiger partial charge is 0.411 e. The zero-order chi connectivity index (χ0) is 13.3. The summed E-state index contributed by atoms with van der Waals surface area (Å²) >= 11 is 3.37. The quantitative estimate of drug-likeness (QED) is 0.799. The molecule has 1 amide bonds. The average molecular weight is 316 g/mol. The van der Waals surface area contributed by atoms with E-state index in [1.807, 2.05) is 27.0 Å². The van der Waals surface area contributed by atoms with E-state index in [1.54, 1.807) is 15.8 Å². The third-order valence-electron chi connectivity index (χ3n) is 2.72. The Kier molecular flexibility index (Phi) is 3.66. The fourth-order valence-corrected chi connectivity index (χ4v) is 2.34. The standard InChI is InChI=1S/C12H18BrN3O2/c1-12(2,3)18-11(17)15-6-4-5-10(15)16-8-9(13)7-14-16/h7-8,10H,4-6H2,1-3H3/t10-/m0/s1. The molecule has 1 saturated heterocycles. The average Bonchev–Trinajstić information content (AvgIpc) is 2.81. The number of halogens is 1. The van der Waals surface area contributed by atoms with Crippen molar-refractivity contribution in [3.05, 3.63) is 16.9 Å². The lowest BCUT2D eigenvalue weighted by atomic mass is 10.2. The first-order valence-electron chi connectivity index (χ1n) is 6.06. The summed E-state index contributed by atoms with van der Waals surface area (Å²) in [5.74, 6) is 0. The Labute approximate surface area is 115 Å². The van der Waals surface area contributed by atoms with Crippen LogP contribution in [-0.2, 0) is 4.74 Å². The summed E-state index contributed by atoms with van der Waals surface area (Å²) < 4.78 is 8.14. The highest BCUT2D eigenvalue weighted by atomic mass is 79.9. The minimum absolute atomic E-state index is 0.0360. The Bertz CT molecular complexity index is 439. The van der Waals surface area contributed by atoms with Gasteiger partial charge in [-0.25, -0.2) is 9.48 Å². The fraction of sp³-hybridized carbons (Fsp3) is 0.667. The molecule has 1 atom stereocenters. The molecule has 0 unspecified atom stereocenters. The molecule has 6 heteroatoms. The number of nitrogens with zero attached hydrogens (tertiary/aromatic N) is 3. The van der Waals surface area contributed by atoms with E-state index in [0.717, 1.165) is 23.9 Å². The van der Waals surface area contributed by atoms with Crippen LogP contribution in [0.2, 0.25) is 0 Å². The summed E-state index contributed by atoms with van der Waals surface area (Å²) in [6.45, 7) is 6.35. The maximum absolute atomic E-state index is 12.1. The molecule has 1 aromatic rings. The third-order valence-corrected chi connectivity index (χ3v) is 3.13. The number of carbonyl (C=O) groups excluding carboxylic acids is 1. The maximum atomic E-state index is 12.1. The first-order chi connectivity index (χ1) is 8.37. The van der Waals surface area contributed by atoms with Crippen LogP contribution in [-0.4, -0.2) is 32.9 Å². The Morgan fingerprint density at radius 2 is 2.28 bits per heavy atom. The van der Waals surface area contributed by atoms with Crippen molar-refractivity contribution in [1.29, 1.82) is 0 Å². The first kappa shape index (κ1) is 13.4. The number of hydrogen-bond donors (Lipinski definition) is 0. The van der Waals surface area contributed by atoms with Crippen molar-refractivity contribution in [3.63, 3.8) is 0 Å². The molecule has 0 aromatic carbocycles. The molecule has 0 saturated carbocycles. The van der Waals surface area contributed by atoms with Crippen molar-refractivity contribution in [2.45, 2.75) is 45.4 Å². The van der Waals surface area contributed by atoms with Gasteiger partial charge < -0.3 is 4.74 Å². The van der Waals surface area contributed by atoms with Crippen LogP contribution in [0.1, 0.15) is 39.8 Å². The number of amides is 1. The maximum Gasteiger partial charge on any atom is 0.411 e. The van der Waals surface area contributed by atoms with Gasteiger partial charge in [0.05, 0.1) is 10.7 Å². The Morgan fingerprint density at radius 3 is 2.83 bits per heavy atom. The number of likely N-dealkylation sites (tertiary alicyclic amines) is 1. The largest absolute Gasteiger partial charge is 0.444 e. The molecule has 5 nitrogen and oxygen atoms in total. The molecule has 0 radical (unpaired) electrons. The van der Waals surface area contributed by atoms with Gasteiger partial charge in [-0.2, -0.15) is 5.10 Å². The van der Waals surface area contributed by atoms with E-state index < -0.39 is 5.60 Å². The van der Waals surface area contributed by atoms with E-state index in [4.69, 9.17) is 4.74 Å². The van der Waals surface area contributed by atoms with Gasteiger partial charge in [0.25, 0.3) is 0 Å². The lowest BCUT2D eigenvalue weighted by molar-refractivity contribution is 0.0149. The van der Waals surface area contributed by atoms with E-state index in [9.17, 15) is 4.79 Å². The van der Waals surface area contributed by atoms with Crippen LogP contribution in [0.4, 0.5) is 4.79 Å². The van der Waals surface area contributed by atoms with Gasteiger partial charge in [-0.05, 0) is 49.5 Å². The Hall–Kier alpha value is -1.04. The van der Waals surface area contributed by atoms with Gasteiger partial charge >= 0.3 is 6.09 Å². The van der Waals surface area contributed by atoms with E-state index in [2.05, 4.69) is 21.0 Å². The van der Waals surface area contributed by atoms with Gasteiger partial charge in [-0.3, -0.25) is 4.90 Å². The summed E-state index contributed by atoms with van der Waals surface area (Å²) in [7, 11) is 0. The molecule has 1 fully saturated rings. The van der Waals surface area contributed by atoms with Crippen molar-refractivity contribution in [2.24, 2.45) is 0 Å². The molecule has 2 heterocycles. The number of hydrogen-bond acceptors (Lipinski definition) is 3. The highest BCUT2D eigenvalue weighted by molar-refractivity contribution is 9.10. The zero-order valence-electron chi connectivity index (χ0n) is 10.9. The molecule has 2 rings (SSSR count). The minimum atomic E-state index is -0.463. The lowest BCUT2D eigenvalue weighted by Gasteiger charge is -2.28. The molecule has 0 spiro atoms. The molecule has 18 heavy (non-hydrogen) atoms. The van der Waals surface area contributed by atoms with Crippen LogP contribution in [0.3, 0.4) is 0 Å². The summed E-state index contributed by atoms with van der Waals surface area (Å²) in [6, 6.07) is 0. The minimum Gasteiger partial charge on any atom is -0.444 e. The van der Waals surface area contributed by atoms with Crippen molar-refractivity contribution >= 4 is 22.0 Å². The second-order valence-electron chi connectivity index (χ2n) is 5.44. The predicted molar refractivity (Wildman–Crippen MR) is 71.1 cm³/mol. The second kappa shape index (κ2) is 4.91. The van der Waals surface area contributed by atoms with Gasteiger partial charge in [-0.15, -0.1) is 0 Å². The van der Waals surface area contributed by atoms with E-state index >= 15 is 0 Å². The van der Waals surface area contributed by atoms with Crippen LogP contribution < -0.4 is 0 Å². The molecule has 0 aliphatic carbocycles.